The average Bonchev–Trinajstić information content (AvgIpc) is 3.34. The standard InChI is InChI=1S/C29H35ClF2N4O6/c1-16(2)13-22(27(40)35-21(23(37)25(33)38)14-18-11-12-34-26(18)39)36-28(41)42-24(17-7-4-3-5-8-17)29(31,32)19-9-6-10-20(30)15-19/h3-10,15-16,18,21-24,37H,11-14H2,1-2H3,(H2,33,38)(H,34,39)(H,35,40)(H,36,41)/t18-,21-,22-,23?,24?/m0/s1. The van der Waals surface area contributed by atoms with Gasteiger partial charge in [0.05, 0.1) is 6.04 Å². The number of primary amides is 1. The van der Waals surface area contributed by atoms with E-state index in [9.17, 15) is 24.3 Å². The van der Waals surface area contributed by atoms with Crippen molar-refractivity contribution < 1.29 is 37.8 Å². The third-order valence-electron chi connectivity index (χ3n) is 6.88. The predicted octanol–water partition coefficient (Wildman–Crippen LogP) is 3.17. The molecule has 0 aromatic heterocycles. The number of aliphatic hydroxyl groups excluding tert-OH is 1. The summed E-state index contributed by atoms with van der Waals surface area (Å²) >= 11 is 5.94. The molecule has 2 unspecified atom stereocenters. The molecule has 0 saturated carbocycles. The molecule has 4 amide bonds. The normalized spacial score (nSPS) is 18.0. The van der Waals surface area contributed by atoms with Gasteiger partial charge in [-0.25, -0.2) is 4.79 Å². The zero-order chi connectivity index (χ0) is 31.0. The van der Waals surface area contributed by atoms with Crippen LogP contribution in [0.3, 0.4) is 0 Å². The fourth-order valence-electron chi connectivity index (χ4n) is 4.74. The molecule has 1 fully saturated rings. The number of aliphatic hydroxyl groups is 1. The third kappa shape index (κ3) is 8.62. The molecular formula is C29H35ClF2N4O6. The molecule has 2 aromatic rings. The van der Waals surface area contributed by atoms with Gasteiger partial charge in [0.25, 0.3) is 0 Å². The molecule has 10 nitrogen and oxygen atoms in total. The molecule has 6 N–H and O–H groups in total. The van der Waals surface area contributed by atoms with Gasteiger partial charge in [0.1, 0.15) is 6.04 Å². The number of nitrogens with two attached hydrogens (primary N) is 1. The molecule has 228 valence electrons. The highest BCUT2D eigenvalue weighted by molar-refractivity contribution is 6.30. The van der Waals surface area contributed by atoms with Crippen molar-refractivity contribution in [3.05, 3.63) is 70.7 Å². The predicted molar refractivity (Wildman–Crippen MR) is 150 cm³/mol. The summed E-state index contributed by atoms with van der Waals surface area (Å²) in [5.41, 5.74) is 4.78. The van der Waals surface area contributed by atoms with Crippen LogP contribution in [0.4, 0.5) is 13.6 Å². The van der Waals surface area contributed by atoms with Gasteiger partial charge in [0, 0.05) is 23.0 Å². The molecule has 2 aromatic carbocycles. The number of hydrogen-bond acceptors (Lipinski definition) is 6. The summed E-state index contributed by atoms with van der Waals surface area (Å²) in [6.45, 7) is 3.94. The number of nitrogens with one attached hydrogen (secondary N) is 3. The Morgan fingerprint density at radius 2 is 1.83 bits per heavy atom. The SMILES string of the molecule is CC(C)C[C@H](NC(=O)OC(c1ccccc1)C(F)(F)c1cccc(Cl)c1)C(=O)N[C@@H](C[C@@H]1CCNC1=O)C(O)C(N)=O. The molecule has 13 heteroatoms. The fourth-order valence-corrected chi connectivity index (χ4v) is 4.93. The van der Waals surface area contributed by atoms with E-state index in [1.165, 1.54) is 36.4 Å². The van der Waals surface area contributed by atoms with E-state index >= 15 is 8.78 Å². The van der Waals surface area contributed by atoms with Crippen LogP contribution >= 0.6 is 11.6 Å². The van der Waals surface area contributed by atoms with Crippen molar-refractivity contribution in [1.82, 2.24) is 16.0 Å². The van der Waals surface area contributed by atoms with E-state index in [0.29, 0.717) is 13.0 Å². The number of alkyl carbamates (subject to hydrolysis) is 1. The molecule has 1 aliphatic rings. The molecule has 0 radical (unpaired) electrons. The van der Waals surface area contributed by atoms with Crippen molar-refractivity contribution in [2.45, 2.75) is 63.3 Å². The van der Waals surface area contributed by atoms with E-state index in [4.69, 9.17) is 22.1 Å². The minimum absolute atomic E-state index is 0.00183. The monoisotopic (exact) mass is 608 g/mol. The van der Waals surface area contributed by atoms with E-state index in [1.54, 1.807) is 19.9 Å². The summed E-state index contributed by atoms with van der Waals surface area (Å²) in [5, 5.41) is 17.9. The quantitative estimate of drug-likeness (QED) is 0.235. The van der Waals surface area contributed by atoms with Crippen LogP contribution in [0.15, 0.2) is 54.6 Å². The number of hydrogen-bond donors (Lipinski definition) is 5. The lowest BCUT2D eigenvalue weighted by molar-refractivity contribution is -0.132. The molecule has 0 aliphatic carbocycles. The minimum atomic E-state index is -3.71. The molecular weight excluding hydrogens is 574 g/mol. The number of carbonyl (C=O) groups is 4. The van der Waals surface area contributed by atoms with Crippen LogP contribution in [0.25, 0.3) is 0 Å². The second-order valence-electron chi connectivity index (χ2n) is 10.6. The zero-order valence-electron chi connectivity index (χ0n) is 23.2. The van der Waals surface area contributed by atoms with Crippen molar-refractivity contribution in [3.8, 4) is 0 Å². The van der Waals surface area contributed by atoms with E-state index in [-0.39, 0.29) is 35.3 Å². The van der Waals surface area contributed by atoms with Gasteiger partial charge in [0.2, 0.25) is 17.7 Å². The topological polar surface area (TPSA) is 160 Å². The summed E-state index contributed by atoms with van der Waals surface area (Å²) in [7, 11) is 0. The molecule has 1 saturated heterocycles. The minimum Gasteiger partial charge on any atom is -0.434 e. The number of benzene rings is 2. The number of alkyl halides is 2. The Labute approximate surface area is 247 Å². The van der Waals surface area contributed by atoms with Crippen LogP contribution < -0.4 is 21.7 Å². The van der Waals surface area contributed by atoms with Crippen molar-refractivity contribution in [1.29, 1.82) is 0 Å². The maximum atomic E-state index is 15.8. The second-order valence-corrected chi connectivity index (χ2v) is 11.1. The number of ether oxygens (including phenoxy) is 1. The van der Waals surface area contributed by atoms with E-state index in [0.717, 1.165) is 12.1 Å². The number of rotatable bonds is 13. The zero-order valence-corrected chi connectivity index (χ0v) is 23.9. The van der Waals surface area contributed by atoms with E-state index < -0.39 is 59.6 Å². The summed E-state index contributed by atoms with van der Waals surface area (Å²) < 4.78 is 36.8. The molecule has 5 atom stereocenters. The van der Waals surface area contributed by atoms with Gasteiger partial charge in [-0.2, -0.15) is 8.78 Å². The number of carbonyl (C=O) groups excluding carboxylic acids is 4. The van der Waals surface area contributed by atoms with Gasteiger partial charge < -0.3 is 31.5 Å². The van der Waals surface area contributed by atoms with Crippen molar-refractivity contribution in [2.24, 2.45) is 17.6 Å². The highest BCUT2D eigenvalue weighted by atomic mass is 35.5. The van der Waals surface area contributed by atoms with Gasteiger partial charge >= 0.3 is 12.0 Å². The highest BCUT2D eigenvalue weighted by Gasteiger charge is 2.46. The van der Waals surface area contributed by atoms with Crippen LogP contribution in [0.2, 0.25) is 5.02 Å². The summed E-state index contributed by atoms with van der Waals surface area (Å²) in [6.07, 6.45) is -4.78. The number of halogens is 3. The molecule has 0 spiro atoms. The Balaban J connectivity index is 1.82. The van der Waals surface area contributed by atoms with E-state index in [2.05, 4.69) is 16.0 Å². The lowest BCUT2D eigenvalue weighted by Gasteiger charge is -2.30. The first-order valence-electron chi connectivity index (χ1n) is 13.5. The molecule has 0 bridgehead atoms. The van der Waals surface area contributed by atoms with Crippen LogP contribution in [0.1, 0.15) is 50.3 Å². The Bertz CT molecular complexity index is 1270. The van der Waals surface area contributed by atoms with Crippen molar-refractivity contribution in [2.75, 3.05) is 6.54 Å². The van der Waals surface area contributed by atoms with Gasteiger partial charge in [-0.3, -0.25) is 14.4 Å². The average molecular weight is 609 g/mol. The Hall–Kier alpha value is -3.77. The van der Waals surface area contributed by atoms with Gasteiger partial charge in [-0.05, 0) is 42.9 Å². The maximum Gasteiger partial charge on any atom is 0.408 e. The maximum absolute atomic E-state index is 15.8. The summed E-state index contributed by atoms with van der Waals surface area (Å²) in [5.74, 6) is -6.66. The molecule has 42 heavy (non-hydrogen) atoms. The molecule has 1 aliphatic heterocycles. The fraction of sp³-hybridized carbons (Fsp3) is 0.448. The largest absolute Gasteiger partial charge is 0.434 e. The van der Waals surface area contributed by atoms with Crippen LogP contribution in [0.5, 0.6) is 0 Å². The van der Waals surface area contributed by atoms with Crippen molar-refractivity contribution >= 4 is 35.4 Å². The first-order chi connectivity index (χ1) is 19.8. The van der Waals surface area contributed by atoms with Crippen LogP contribution in [0, 0.1) is 11.8 Å². The van der Waals surface area contributed by atoms with E-state index in [1.807, 2.05) is 0 Å². The van der Waals surface area contributed by atoms with Crippen LogP contribution in [-0.4, -0.2) is 53.7 Å². The first-order valence-corrected chi connectivity index (χ1v) is 13.9. The molecule has 1 heterocycles. The summed E-state index contributed by atoms with van der Waals surface area (Å²) in [4.78, 5) is 50.2. The lowest BCUT2D eigenvalue weighted by Crippen LogP contribution is -2.56. The van der Waals surface area contributed by atoms with Gasteiger partial charge in [0.15, 0.2) is 12.2 Å². The Morgan fingerprint density at radius 1 is 1.14 bits per heavy atom. The smallest absolute Gasteiger partial charge is 0.408 e. The third-order valence-corrected chi connectivity index (χ3v) is 7.12. The van der Waals surface area contributed by atoms with Crippen LogP contribution in [-0.2, 0) is 25.0 Å². The second kappa shape index (κ2) is 14.4. The van der Waals surface area contributed by atoms with Gasteiger partial charge in [-0.15, -0.1) is 0 Å². The molecule has 3 rings (SSSR count). The Morgan fingerprint density at radius 3 is 2.40 bits per heavy atom. The lowest BCUT2D eigenvalue weighted by atomic mass is 9.94. The van der Waals surface area contributed by atoms with Crippen molar-refractivity contribution in [3.63, 3.8) is 0 Å². The first kappa shape index (κ1) is 32.7. The van der Waals surface area contributed by atoms with Gasteiger partial charge in [-0.1, -0.05) is 67.9 Å². The summed E-state index contributed by atoms with van der Waals surface area (Å²) in [6, 6.07) is 9.89. The number of amides is 4. The highest BCUT2D eigenvalue weighted by Crippen LogP contribution is 2.43. The Kier molecular flexibility index (Phi) is 11.2.